The smallest absolute Gasteiger partial charge is 0.123 e. The summed E-state index contributed by atoms with van der Waals surface area (Å²) in [5.41, 5.74) is 4.24. The Labute approximate surface area is 153 Å². The van der Waals surface area contributed by atoms with E-state index in [1.165, 1.54) is 17.7 Å². The SMILES string of the molecule is CN(CC1CCc2ccccc2O1)c1cncc(-c2ccc(F)cc2)c1. The molecule has 2 aromatic carbocycles. The number of hydrogen-bond donors (Lipinski definition) is 0. The van der Waals surface area contributed by atoms with Crippen LogP contribution in [0.4, 0.5) is 10.1 Å². The fourth-order valence-corrected chi connectivity index (χ4v) is 3.36. The zero-order chi connectivity index (χ0) is 17.9. The van der Waals surface area contributed by atoms with Gasteiger partial charge in [-0.15, -0.1) is 0 Å². The zero-order valence-corrected chi connectivity index (χ0v) is 14.7. The van der Waals surface area contributed by atoms with Gasteiger partial charge in [-0.05, 0) is 48.2 Å². The first-order chi connectivity index (χ1) is 12.7. The second-order valence-corrected chi connectivity index (χ2v) is 6.71. The molecule has 0 radical (unpaired) electrons. The summed E-state index contributed by atoms with van der Waals surface area (Å²) in [6.07, 6.45) is 5.86. The fourth-order valence-electron chi connectivity index (χ4n) is 3.36. The van der Waals surface area contributed by atoms with Crippen molar-refractivity contribution in [2.24, 2.45) is 0 Å². The van der Waals surface area contributed by atoms with Gasteiger partial charge >= 0.3 is 0 Å². The number of rotatable bonds is 4. The molecular weight excluding hydrogens is 327 g/mol. The van der Waals surface area contributed by atoms with Gasteiger partial charge in [0, 0.05) is 18.8 Å². The molecule has 0 aliphatic carbocycles. The van der Waals surface area contributed by atoms with Crippen molar-refractivity contribution in [2.45, 2.75) is 18.9 Å². The number of fused-ring (bicyclic) bond motifs is 1. The molecular formula is C22H21FN2O. The number of aryl methyl sites for hydroxylation is 1. The molecule has 1 aromatic heterocycles. The minimum Gasteiger partial charge on any atom is -0.488 e. The van der Waals surface area contributed by atoms with E-state index >= 15 is 0 Å². The van der Waals surface area contributed by atoms with E-state index in [4.69, 9.17) is 4.74 Å². The fraction of sp³-hybridized carbons (Fsp3) is 0.227. The van der Waals surface area contributed by atoms with Crippen molar-refractivity contribution in [1.82, 2.24) is 4.98 Å². The van der Waals surface area contributed by atoms with Gasteiger partial charge in [0.25, 0.3) is 0 Å². The van der Waals surface area contributed by atoms with Crippen molar-refractivity contribution in [2.75, 3.05) is 18.5 Å². The largest absolute Gasteiger partial charge is 0.488 e. The topological polar surface area (TPSA) is 25.4 Å². The number of benzene rings is 2. The molecule has 0 saturated carbocycles. The first-order valence-corrected chi connectivity index (χ1v) is 8.86. The molecule has 2 heterocycles. The molecule has 26 heavy (non-hydrogen) atoms. The molecule has 0 fully saturated rings. The number of nitrogens with zero attached hydrogens (tertiary/aromatic N) is 2. The molecule has 0 N–H and O–H groups in total. The first kappa shape index (κ1) is 16.6. The molecule has 3 nitrogen and oxygen atoms in total. The van der Waals surface area contributed by atoms with Crippen LogP contribution in [-0.4, -0.2) is 24.7 Å². The quantitative estimate of drug-likeness (QED) is 0.682. The number of pyridine rings is 1. The maximum atomic E-state index is 13.1. The van der Waals surface area contributed by atoms with E-state index < -0.39 is 0 Å². The van der Waals surface area contributed by atoms with Gasteiger partial charge in [0.2, 0.25) is 0 Å². The third-order valence-electron chi connectivity index (χ3n) is 4.82. The van der Waals surface area contributed by atoms with E-state index in [0.717, 1.165) is 42.0 Å². The lowest BCUT2D eigenvalue weighted by Gasteiger charge is -2.30. The predicted octanol–water partition coefficient (Wildman–Crippen LogP) is 4.72. The number of aromatic nitrogens is 1. The molecule has 0 saturated heterocycles. The van der Waals surface area contributed by atoms with Crippen LogP contribution in [0.3, 0.4) is 0 Å². The van der Waals surface area contributed by atoms with Crippen LogP contribution >= 0.6 is 0 Å². The Bertz CT molecular complexity index is 895. The Morgan fingerprint density at radius 2 is 1.88 bits per heavy atom. The van der Waals surface area contributed by atoms with Crippen LogP contribution in [0.25, 0.3) is 11.1 Å². The van der Waals surface area contributed by atoms with Crippen LogP contribution in [0.1, 0.15) is 12.0 Å². The standard InChI is InChI=1S/C22H21FN2O/c1-25(15-21-11-8-17-4-2-3-5-22(17)26-21)20-12-18(13-24-14-20)16-6-9-19(23)10-7-16/h2-7,9-10,12-14,21H,8,11,15H2,1H3. The minimum absolute atomic E-state index is 0.157. The van der Waals surface area contributed by atoms with Crippen molar-refractivity contribution in [1.29, 1.82) is 0 Å². The summed E-state index contributed by atoms with van der Waals surface area (Å²) < 4.78 is 19.3. The lowest BCUT2D eigenvalue weighted by Crippen LogP contribution is -2.35. The summed E-state index contributed by atoms with van der Waals surface area (Å²) in [6.45, 7) is 0.795. The highest BCUT2D eigenvalue weighted by Crippen LogP contribution is 2.28. The Balaban J connectivity index is 1.48. The zero-order valence-electron chi connectivity index (χ0n) is 14.7. The number of halogens is 1. The number of ether oxygens (including phenoxy) is 1. The number of likely N-dealkylation sites (N-methyl/N-ethyl adjacent to an activating group) is 1. The highest BCUT2D eigenvalue weighted by Gasteiger charge is 2.21. The summed E-state index contributed by atoms with van der Waals surface area (Å²) >= 11 is 0. The number of hydrogen-bond acceptors (Lipinski definition) is 3. The van der Waals surface area contributed by atoms with Gasteiger partial charge < -0.3 is 9.64 Å². The van der Waals surface area contributed by atoms with E-state index in [1.807, 2.05) is 18.3 Å². The number of anilines is 1. The molecule has 1 unspecified atom stereocenters. The van der Waals surface area contributed by atoms with E-state index in [1.54, 1.807) is 18.3 Å². The molecule has 4 rings (SSSR count). The maximum Gasteiger partial charge on any atom is 0.123 e. The van der Waals surface area contributed by atoms with Crippen LogP contribution in [0, 0.1) is 5.82 Å². The van der Waals surface area contributed by atoms with Gasteiger partial charge in [-0.3, -0.25) is 4.98 Å². The molecule has 0 amide bonds. The van der Waals surface area contributed by atoms with Gasteiger partial charge in [-0.25, -0.2) is 4.39 Å². The minimum atomic E-state index is -0.232. The van der Waals surface area contributed by atoms with Crippen molar-refractivity contribution in [3.8, 4) is 16.9 Å². The van der Waals surface area contributed by atoms with E-state index in [0.29, 0.717) is 0 Å². The van der Waals surface area contributed by atoms with Crippen molar-refractivity contribution >= 4 is 5.69 Å². The van der Waals surface area contributed by atoms with Gasteiger partial charge in [0.15, 0.2) is 0 Å². The monoisotopic (exact) mass is 348 g/mol. The average molecular weight is 348 g/mol. The predicted molar refractivity (Wildman–Crippen MR) is 102 cm³/mol. The van der Waals surface area contributed by atoms with Gasteiger partial charge in [0.1, 0.15) is 17.7 Å². The highest BCUT2D eigenvalue weighted by molar-refractivity contribution is 5.67. The summed E-state index contributed by atoms with van der Waals surface area (Å²) in [4.78, 5) is 6.52. The van der Waals surface area contributed by atoms with Gasteiger partial charge in [-0.1, -0.05) is 30.3 Å². The lowest BCUT2D eigenvalue weighted by atomic mass is 10.0. The summed E-state index contributed by atoms with van der Waals surface area (Å²) in [7, 11) is 2.05. The highest BCUT2D eigenvalue weighted by atomic mass is 19.1. The Hall–Kier alpha value is -2.88. The Kier molecular flexibility index (Phi) is 4.57. The van der Waals surface area contributed by atoms with E-state index in [9.17, 15) is 4.39 Å². The van der Waals surface area contributed by atoms with Crippen LogP contribution in [0.2, 0.25) is 0 Å². The molecule has 132 valence electrons. The number of para-hydroxylation sites is 1. The lowest BCUT2D eigenvalue weighted by molar-refractivity contribution is 0.180. The third-order valence-corrected chi connectivity index (χ3v) is 4.82. The molecule has 1 atom stereocenters. The van der Waals surface area contributed by atoms with E-state index in [2.05, 4.69) is 35.1 Å². The molecule has 1 aliphatic heterocycles. The van der Waals surface area contributed by atoms with Crippen molar-refractivity contribution in [3.05, 3.63) is 78.4 Å². The Morgan fingerprint density at radius 1 is 1.08 bits per heavy atom. The van der Waals surface area contributed by atoms with Crippen molar-refractivity contribution < 1.29 is 9.13 Å². The average Bonchev–Trinajstić information content (AvgIpc) is 2.68. The first-order valence-electron chi connectivity index (χ1n) is 8.86. The Morgan fingerprint density at radius 3 is 2.73 bits per heavy atom. The molecule has 0 spiro atoms. The maximum absolute atomic E-state index is 13.1. The summed E-state index contributed by atoms with van der Waals surface area (Å²) in [6, 6.07) is 16.8. The molecule has 4 heteroatoms. The normalized spacial score (nSPS) is 15.8. The summed E-state index contributed by atoms with van der Waals surface area (Å²) in [5.74, 6) is 0.764. The molecule has 1 aliphatic rings. The molecule has 0 bridgehead atoms. The van der Waals surface area contributed by atoms with Gasteiger partial charge in [-0.2, -0.15) is 0 Å². The summed E-state index contributed by atoms with van der Waals surface area (Å²) in [5, 5.41) is 0. The van der Waals surface area contributed by atoms with Crippen LogP contribution < -0.4 is 9.64 Å². The van der Waals surface area contributed by atoms with E-state index in [-0.39, 0.29) is 11.9 Å². The van der Waals surface area contributed by atoms with Crippen LogP contribution in [0.15, 0.2) is 67.0 Å². The van der Waals surface area contributed by atoms with Crippen LogP contribution in [-0.2, 0) is 6.42 Å². The van der Waals surface area contributed by atoms with Crippen molar-refractivity contribution in [3.63, 3.8) is 0 Å². The second kappa shape index (κ2) is 7.16. The third kappa shape index (κ3) is 3.54. The molecule has 3 aromatic rings. The second-order valence-electron chi connectivity index (χ2n) is 6.71. The van der Waals surface area contributed by atoms with Gasteiger partial charge in [0.05, 0.1) is 18.4 Å². The van der Waals surface area contributed by atoms with Crippen LogP contribution in [0.5, 0.6) is 5.75 Å².